The molecule has 0 aliphatic heterocycles. The number of alkyl halides is 1. The van der Waals surface area contributed by atoms with Crippen LogP contribution >= 0.6 is 11.6 Å². The van der Waals surface area contributed by atoms with Gasteiger partial charge in [-0.3, -0.25) is 0 Å². The van der Waals surface area contributed by atoms with Crippen LogP contribution in [0.3, 0.4) is 0 Å². The van der Waals surface area contributed by atoms with Gasteiger partial charge in [-0.05, 0) is 24.6 Å². The lowest BCUT2D eigenvalue weighted by Gasteiger charge is -2.04. The molecule has 1 atom stereocenters. The molecule has 0 fully saturated rings. The molecule has 2 heterocycles. The van der Waals surface area contributed by atoms with Crippen LogP contribution < -0.4 is 0 Å². The average molecular weight is 288 g/mol. The van der Waals surface area contributed by atoms with Gasteiger partial charge in [0.2, 0.25) is 0 Å². The highest BCUT2D eigenvalue weighted by atomic mass is 35.5. The predicted molar refractivity (Wildman–Crippen MR) is 77.0 cm³/mol. The predicted octanol–water partition coefficient (Wildman–Crippen LogP) is 2.81. The van der Waals surface area contributed by atoms with Gasteiger partial charge in [-0.15, -0.1) is 16.7 Å². The molecule has 0 saturated carbocycles. The first-order valence-corrected chi connectivity index (χ1v) is 6.77. The number of hydrogen-bond acceptors (Lipinski definition) is 3. The Bertz CT molecular complexity index is 670. The molecule has 20 heavy (non-hydrogen) atoms. The Morgan fingerprint density at radius 3 is 2.65 bits per heavy atom. The quantitative estimate of drug-likeness (QED) is 0.693. The standard InChI is InChI=1S/C14H14ClN5/c1-11(15)14-9-20(18-17-14)8-12-2-4-13(5-3-12)19-7-6-16-10-19/h2-7,9-11H,8H2,1H3. The summed E-state index contributed by atoms with van der Waals surface area (Å²) in [6.45, 7) is 2.57. The monoisotopic (exact) mass is 287 g/mol. The Labute approximate surface area is 121 Å². The van der Waals surface area contributed by atoms with Crippen LogP contribution in [-0.2, 0) is 6.54 Å². The van der Waals surface area contributed by atoms with E-state index in [1.165, 1.54) is 0 Å². The van der Waals surface area contributed by atoms with E-state index < -0.39 is 0 Å². The minimum absolute atomic E-state index is 0.118. The summed E-state index contributed by atoms with van der Waals surface area (Å²) in [6, 6.07) is 8.25. The van der Waals surface area contributed by atoms with Gasteiger partial charge < -0.3 is 4.57 Å². The number of nitrogens with zero attached hydrogens (tertiary/aromatic N) is 5. The van der Waals surface area contributed by atoms with E-state index in [-0.39, 0.29) is 5.38 Å². The van der Waals surface area contributed by atoms with Crippen LogP contribution in [0.2, 0.25) is 0 Å². The molecule has 0 bridgehead atoms. The molecule has 5 nitrogen and oxygen atoms in total. The second-order valence-corrected chi connectivity index (χ2v) is 5.25. The van der Waals surface area contributed by atoms with E-state index in [2.05, 4.69) is 39.6 Å². The molecule has 2 aromatic heterocycles. The molecule has 102 valence electrons. The second-order valence-electron chi connectivity index (χ2n) is 4.59. The summed E-state index contributed by atoms with van der Waals surface area (Å²) in [4.78, 5) is 4.04. The van der Waals surface area contributed by atoms with Crippen molar-refractivity contribution in [2.24, 2.45) is 0 Å². The third-order valence-electron chi connectivity index (χ3n) is 3.05. The van der Waals surface area contributed by atoms with Crippen molar-refractivity contribution < 1.29 is 0 Å². The summed E-state index contributed by atoms with van der Waals surface area (Å²) < 4.78 is 3.76. The zero-order valence-electron chi connectivity index (χ0n) is 11.0. The van der Waals surface area contributed by atoms with Gasteiger partial charge in [0.15, 0.2) is 0 Å². The SMILES string of the molecule is CC(Cl)c1cn(Cc2ccc(-n3ccnc3)cc2)nn1. The first-order chi connectivity index (χ1) is 9.72. The Balaban J connectivity index is 1.74. The molecule has 1 aromatic carbocycles. The van der Waals surface area contributed by atoms with Crippen molar-refractivity contribution >= 4 is 11.6 Å². The van der Waals surface area contributed by atoms with Crippen molar-refractivity contribution in [3.8, 4) is 5.69 Å². The lowest BCUT2D eigenvalue weighted by molar-refractivity contribution is 0.649. The topological polar surface area (TPSA) is 48.5 Å². The van der Waals surface area contributed by atoms with Crippen molar-refractivity contribution in [2.45, 2.75) is 18.8 Å². The molecule has 1 unspecified atom stereocenters. The highest BCUT2D eigenvalue weighted by Crippen LogP contribution is 2.16. The molecule has 0 N–H and O–H groups in total. The normalized spacial score (nSPS) is 12.5. The lowest BCUT2D eigenvalue weighted by atomic mass is 10.2. The maximum atomic E-state index is 5.97. The number of hydrogen-bond donors (Lipinski definition) is 0. The molecule has 0 amide bonds. The first kappa shape index (κ1) is 12.9. The minimum atomic E-state index is -0.118. The lowest BCUT2D eigenvalue weighted by Crippen LogP contribution is -2.00. The molecule has 0 aliphatic rings. The summed E-state index contributed by atoms with van der Waals surface area (Å²) in [6.07, 6.45) is 7.33. The first-order valence-electron chi connectivity index (χ1n) is 6.34. The van der Waals surface area contributed by atoms with E-state index in [0.717, 1.165) is 16.9 Å². The van der Waals surface area contributed by atoms with Crippen LogP contribution in [0.5, 0.6) is 0 Å². The van der Waals surface area contributed by atoms with Crippen LogP contribution in [0, 0.1) is 0 Å². The molecule has 0 saturated heterocycles. The number of aromatic nitrogens is 5. The number of imidazole rings is 1. The molecular weight excluding hydrogens is 274 g/mol. The highest BCUT2D eigenvalue weighted by Gasteiger charge is 2.06. The van der Waals surface area contributed by atoms with Crippen LogP contribution in [0.4, 0.5) is 0 Å². The van der Waals surface area contributed by atoms with E-state index in [1.54, 1.807) is 17.2 Å². The Morgan fingerprint density at radius 1 is 1.25 bits per heavy atom. The van der Waals surface area contributed by atoms with Gasteiger partial charge >= 0.3 is 0 Å². The van der Waals surface area contributed by atoms with Gasteiger partial charge in [-0.25, -0.2) is 9.67 Å². The van der Waals surface area contributed by atoms with E-state index in [1.807, 2.05) is 23.9 Å². The summed E-state index contributed by atoms with van der Waals surface area (Å²) in [5.74, 6) is 0. The van der Waals surface area contributed by atoms with Gasteiger partial charge in [0.25, 0.3) is 0 Å². The Morgan fingerprint density at radius 2 is 2.05 bits per heavy atom. The summed E-state index contributed by atoms with van der Waals surface area (Å²) in [7, 11) is 0. The molecule has 0 spiro atoms. The molecular formula is C14H14ClN5. The van der Waals surface area contributed by atoms with Gasteiger partial charge in [0, 0.05) is 18.1 Å². The maximum absolute atomic E-state index is 5.97. The number of benzene rings is 1. The Hall–Kier alpha value is -2.14. The molecule has 3 rings (SSSR count). The summed E-state index contributed by atoms with van der Waals surface area (Å²) in [5, 5.41) is 7.99. The fourth-order valence-corrected chi connectivity index (χ4v) is 2.05. The van der Waals surface area contributed by atoms with Gasteiger partial charge in [0.1, 0.15) is 5.69 Å². The summed E-state index contributed by atoms with van der Waals surface area (Å²) in [5.41, 5.74) is 3.04. The van der Waals surface area contributed by atoms with Crippen molar-refractivity contribution in [3.63, 3.8) is 0 Å². The zero-order chi connectivity index (χ0) is 13.9. The van der Waals surface area contributed by atoms with E-state index in [0.29, 0.717) is 6.54 Å². The number of halogens is 1. The molecule has 0 radical (unpaired) electrons. The van der Waals surface area contributed by atoms with E-state index >= 15 is 0 Å². The van der Waals surface area contributed by atoms with Crippen molar-refractivity contribution in [2.75, 3.05) is 0 Å². The number of rotatable bonds is 4. The smallest absolute Gasteiger partial charge is 0.100 e. The largest absolute Gasteiger partial charge is 0.306 e. The van der Waals surface area contributed by atoms with Crippen LogP contribution in [-0.4, -0.2) is 24.5 Å². The fraction of sp³-hybridized carbons (Fsp3) is 0.214. The van der Waals surface area contributed by atoms with Crippen LogP contribution in [0.15, 0.2) is 49.2 Å². The van der Waals surface area contributed by atoms with Crippen LogP contribution in [0.1, 0.15) is 23.6 Å². The molecule has 3 aromatic rings. The Kier molecular flexibility index (Phi) is 3.52. The maximum Gasteiger partial charge on any atom is 0.100 e. The van der Waals surface area contributed by atoms with E-state index in [9.17, 15) is 0 Å². The van der Waals surface area contributed by atoms with Crippen molar-refractivity contribution in [3.05, 3.63) is 60.4 Å². The van der Waals surface area contributed by atoms with Crippen molar-refractivity contribution in [1.82, 2.24) is 24.5 Å². The second kappa shape index (κ2) is 5.46. The third-order valence-corrected chi connectivity index (χ3v) is 3.27. The molecule has 0 aliphatic carbocycles. The fourth-order valence-electron chi connectivity index (χ4n) is 1.95. The third kappa shape index (κ3) is 2.72. The zero-order valence-corrected chi connectivity index (χ0v) is 11.8. The summed E-state index contributed by atoms with van der Waals surface area (Å²) >= 11 is 5.97. The van der Waals surface area contributed by atoms with Gasteiger partial charge in [0.05, 0.1) is 24.4 Å². The molecule has 6 heteroatoms. The highest BCUT2D eigenvalue weighted by molar-refractivity contribution is 6.20. The van der Waals surface area contributed by atoms with E-state index in [4.69, 9.17) is 11.6 Å². The minimum Gasteiger partial charge on any atom is -0.306 e. The van der Waals surface area contributed by atoms with Crippen molar-refractivity contribution in [1.29, 1.82) is 0 Å². The van der Waals surface area contributed by atoms with Gasteiger partial charge in [-0.2, -0.15) is 0 Å². The average Bonchev–Trinajstić information content (AvgIpc) is 3.10. The van der Waals surface area contributed by atoms with Crippen LogP contribution in [0.25, 0.3) is 5.69 Å². The van der Waals surface area contributed by atoms with Gasteiger partial charge in [-0.1, -0.05) is 17.3 Å².